The predicted octanol–water partition coefficient (Wildman–Crippen LogP) is 2.45. The van der Waals surface area contributed by atoms with Crippen molar-refractivity contribution < 1.29 is 19.1 Å². The van der Waals surface area contributed by atoms with Gasteiger partial charge in [0, 0.05) is 12.1 Å². The number of amides is 3. The van der Waals surface area contributed by atoms with Crippen LogP contribution in [-0.2, 0) is 20.7 Å². The zero-order chi connectivity index (χ0) is 20.7. The highest BCUT2D eigenvalue weighted by atomic mass is 16.5. The molecule has 28 heavy (non-hydrogen) atoms. The van der Waals surface area contributed by atoms with Gasteiger partial charge in [-0.15, -0.1) is 0 Å². The fourth-order valence-corrected chi connectivity index (χ4v) is 2.71. The maximum Gasteiger partial charge on any atom is 0.329 e. The summed E-state index contributed by atoms with van der Waals surface area (Å²) in [4.78, 5) is 36.1. The number of esters is 1. The first-order valence-electron chi connectivity index (χ1n) is 8.94. The van der Waals surface area contributed by atoms with E-state index in [4.69, 9.17) is 10.5 Å². The Bertz CT molecular complexity index is 852. The van der Waals surface area contributed by atoms with Gasteiger partial charge in [-0.25, -0.2) is 9.59 Å². The van der Waals surface area contributed by atoms with Gasteiger partial charge in [0.15, 0.2) is 6.10 Å². The van der Waals surface area contributed by atoms with Crippen LogP contribution in [0.4, 0.5) is 10.5 Å². The molecule has 0 fully saturated rings. The fraction of sp³-hybridized carbons (Fsp3) is 0.286. The van der Waals surface area contributed by atoms with Gasteiger partial charge in [-0.2, -0.15) is 0 Å². The molecule has 7 heteroatoms. The van der Waals surface area contributed by atoms with Gasteiger partial charge >= 0.3 is 12.0 Å². The number of primary amides is 1. The van der Waals surface area contributed by atoms with E-state index in [0.29, 0.717) is 5.69 Å². The minimum atomic E-state index is -1.04. The first kappa shape index (κ1) is 21.0. The van der Waals surface area contributed by atoms with Crippen molar-refractivity contribution in [3.63, 3.8) is 0 Å². The van der Waals surface area contributed by atoms with Crippen molar-refractivity contribution in [2.45, 2.75) is 39.3 Å². The Hall–Kier alpha value is -3.35. The molecule has 0 aliphatic heterocycles. The molecule has 7 nitrogen and oxygen atoms in total. The van der Waals surface area contributed by atoms with Gasteiger partial charge in [0.2, 0.25) is 0 Å². The smallest absolute Gasteiger partial charge is 0.329 e. The van der Waals surface area contributed by atoms with Gasteiger partial charge in [0.25, 0.3) is 5.91 Å². The van der Waals surface area contributed by atoms with Gasteiger partial charge < -0.3 is 21.1 Å². The third kappa shape index (κ3) is 6.12. The Balaban J connectivity index is 2.02. The quantitative estimate of drug-likeness (QED) is 0.638. The normalized spacial score (nSPS) is 12.5. The molecule has 0 radical (unpaired) electrons. The number of rotatable bonds is 7. The molecule has 2 aromatic rings. The Morgan fingerprint density at radius 2 is 1.75 bits per heavy atom. The summed E-state index contributed by atoms with van der Waals surface area (Å²) >= 11 is 0. The number of urea groups is 1. The number of hydrogen-bond acceptors (Lipinski definition) is 4. The van der Waals surface area contributed by atoms with Crippen molar-refractivity contribution in [1.29, 1.82) is 0 Å². The van der Waals surface area contributed by atoms with Crippen LogP contribution in [0.25, 0.3) is 0 Å². The number of benzene rings is 2. The lowest BCUT2D eigenvalue weighted by Gasteiger charge is -2.20. The number of ether oxygens (including phenoxy) is 1. The molecule has 2 aromatic carbocycles. The molecule has 0 saturated heterocycles. The Morgan fingerprint density at radius 3 is 2.36 bits per heavy atom. The van der Waals surface area contributed by atoms with Gasteiger partial charge in [0.1, 0.15) is 6.04 Å². The number of nitrogens with one attached hydrogen (secondary N) is 2. The van der Waals surface area contributed by atoms with E-state index in [9.17, 15) is 14.4 Å². The van der Waals surface area contributed by atoms with Crippen LogP contribution in [0.3, 0.4) is 0 Å². The van der Waals surface area contributed by atoms with Crippen molar-refractivity contribution in [2.24, 2.45) is 5.73 Å². The SMILES string of the molecule is Cc1ccc(NC(=O)[C@H](C)OC(=O)[C@H](Cc2ccccc2)NC(N)=O)c(C)c1. The monoisotopic (exact) mass is 383 g/mol. The summed E-state index contributed by atoms with van der Waals surface area (Å²) < 4.78 is 5.26. The van der Waals surface area contributed by atoms with E-state index < -0.39 is 30.1 Å². The van der Waals surface area contributed by atoms with Crippen molar-refractivity contribution in [1.82, 2.24) is 5.32 Å². The molecular formula is C21H25N3O4. The van der Waals surface area contributed by atoms with Crippen LogP contribution in [0, 0.1) is 13.8 Å². The highest BCUT2D eigenvalue weighted by Crippen LogP contribution is 2.16. The number of aryl methyl sites for hydroxylation is 2. The van der Waals surface area contributed by atoms with E-state index in [0.717, 1.165) is 16.7 Å². The van der Waals surface area contributed by atoms with E-state index in [-0.39, 0.29) is 6.42 Å². The Morgan fingerprint density at radius 1 is 1.07 bits per heavy atom. The van der Waals surface area contributed by atoms with Gasteiger partial charge in [-0.05, 0) is 38.0 Å². The highest BCUT2D eigenvalue weighted by molar-refractivity contribution is 5.96. The van der Waals surface area contributed by atoms with Crippen molar-refractivity contribution in [3.05, 3.63) is 65.2 Å². The first-order chi connectivity index (χ1) is 13.3. The molecule has 0 aliphatic carbocycles. The molecule has 0 heterocycles. The van der Waals surface area contributed by atoms with Crippen LogP contribution in [0.15, 0.2) is 48.5 Å². The second-order valence-electron chi connectivity index (χ2n) is 6.64. The number of carbonyl (C=O) groups is 3. The average molecular weight is 383 g/mol. The average Bonchev–Trinajstić information content (AvgIpc) is 2.63. The summed E-state index contributed by atoms with van der Waals surface area (Å²) in [5.41, 5.74) is 8.63. The predicted molar refractivity (Wildman–Crippen MR) is 107 cm³/mol. The van der Waals surface area contributed by atoms with Crippen LogP contribution >= 0.6 is 0 Å². The molecule has 0 saturated carbocycles. The fourth-order valence-electron chi connectivity index (χ4n) is 2.71. The number of carbonyl (C=O) groups excluding carboxylic acids is 3. The Kier molecular flexibility index (Phi) is 7.14. The highest BCUT2D eigenvalue weighted by Gasteiger charge is 2.26. The van der Waals surface area contributed by atoms with Crippen LogP contribution in [0.1, 0.15) is 23.6 Å². The lowest BCUT2D eigenvalue weighted by molar-refractivity contribution is -0.155. The molecule has 148 valence electrons. The zero-order valence-electron chi connectivity index (χ0n) is 16.2. The van der Waals surface area contributed by atoms with Crippen LogP contribution in [-0.4, -0.2) is 30.1 Å². The lowest BCUT2D eigenvalue weighted by Crippen LogP contribution is -2.47. The minimum absolute atomic E-state index is 0.202. The summed E-state index contributed by atoms with van der Waals surface area (Å²) in [7, 11) is 0. The standard InChI is InChI=1S/C21H25N3O4/c1-13-9-10-17(14(2)11-13)23-19(25)15(3)28-20(26)18(24-21(22)27)12-16-7-5-4-6-8-16/h4-11,15,18H,12H2,1-3H3,(H,23,25)(H3,22,24,27)/t15-,18-/m0/s1. The van der Waals surface area contributed by atoms with Crippen LogP contribution in [0.2, 0.25) is 0 Å². The van der Waals surface area contributed by atoms with Crippen molar-refractivity contribution in [3.8, 4) is 0 Å². The largest absolute Gasteiger partial charge is 0.451 e. The van der Waals surface area contributed by atoms with Gasteiger partial charge in [-0.3, -0.25) is 4.79 Å². The first-order valence-corrected chi connectivity index (χ1v) is 8.94. The Labute approximate surface area is 164 Å². The molecule has 2 rings (SSSR count). The minimum Gasteiger partial charge on any atom is -0.451 e. The van der Waals surface area contributed by atoms with E-state index in [2.05, 4.69) is 10.6 Å². The summed E-state index contributed by atoms with van der Waals surface area (Å²) in [5.74, 6) is -1.19. The summed E-state index contributed by atoms with van der Waals surface area (Å²) in [5, 5.41) is 5.11. The molecule has 4 N–H and O–H groups in total. The molecule has 0 aromatic heterocycles. The topological polar surface area (TPSA) is 111 Å². The second kappa shape index (κ2) is 9.55. The summed E-state index contributed by atoms with van der Waals surface area (Å²) in [6.07, 6.45) is -0.838. The zero-order valence-corrected chi connectivity index (χ0v) is 16.2. The third-order valence-electron chi connectivity index (χ3n) is 4.19. The second-order valence-corrected chi connectivity index (χ2v) is 6.64. The molecule has 0 spiro atoms. The van der Waals surface area contributed by atoms with Crippen molar-refractivity contribution in [2.75, 3.05) is 5.32 Å². The van der Waals surface area contributed by atoms with E-state index in [1.165, 1.54) is 6.92 Å². The molecule has 0 unspecified atom stereocenters. The molecule has 0 aliphatic rings. The van der Waals surface area contributed by atoms with Gasteiger partial charge in [-0.1, -0.05) is 48.0 Å². The van der Waals surface area contributed by atoms with Crippen molar-refractivity contribution >= 4 is 23.6 Å². The van der Waals surface area contributed by atoms with Crippen LogP contribution in [0.5, 0.6) is 0 Å². The molecule has 0 bridgehead atoms. The summed E-state index contributed by atoms with van der Waals surface area (Å²) in [6, 6.07) is 12.9. The molecular weight excluding hydrogens is 358 g/mol. The maximum atomic E-state index is 12.5. The molecule has 2 atom stereocenters. The number of hydrogen-bond donors (Lipinski definition) is 3. The number of anilines is 1. The summed E-state index contributed by atoms with van der Waals surface area (Å²) in [6.45, 7) is 5.31. The van der Waals surface area contributed by atoms with E-state index in [1.54, 1.807) is 6.07 Å². The lowest BCUT2D eigenvalue weighted by atomic mass is 10.1. The number of nitrogens with two attached hydrogens (primary N) is 1. The van der Waals surface area contributed by atoms with E-state index in [1.807, 2.05) is 56.3 Å². The van der Waals surface area contributed by atoms with E-state index >= 15 is 0 Å². The third-order valence-corrected chi connectivity index (χ3v) is 4.19. The molecule has 3 amide bonds. The van der Waals surface area contributed by atoms with Crippen LogP contribution < -0.4 is 16.4 Å². The maximum absolute atomic E-state index is 12.5. The van der Waals surface area contributed by atoms with Gasteiger partial charge in [0.05, 0.1) is 0 Å².